The van der Waals surface area contributed by atoms with Gasteiger partial charge in [0, 0.05) is 34.7 Å². The van der Waals surface area contributed by atoms with Gasteiger partial charge >= 0.3 is 0 Å². The molecule has 6 heteroatoms. The van der Waals surface area contributed by atoms with E-state index in [-0.39, 0.29) is 24.2 Å². The zero-order valence-electron chi connectivity index (χ0n) is 16.4. The first-order valence-electron chi connectivity index (χ1n) is 9.82. The quantitative estimate of drug-likeness (QED) is 0.484. The van der Waals surface area contributed by atoms with E-state index in [4.69, 9.17) is 0 Å². The predicted molar refractivity (Wildman–Crippen MR) is 117 cm³/mol. The summed E-state index contributed by atoms with van der Waals surface area (Å²) < 4.78 is 0. The number of benzene rings is 3. The van der Waals surface area contributed by atoms with Crippen LogP contribution in [0.2, 0.25) is 0 Å². The third-order valence-corrected chi connectivity index (χ3v) is 5.59. The van der Waals surface area contributed by atoms with Gasteiger partial charge in [0.1, 0.15) is 0 Å². The smallest absolute Gasteiger partial charge is 0.253 e. The Bertz CT molecular complexity index is 1340. The van der Waals surface area contributed by atoms with Gasteiger partial charge in [0.2, 0.25) is 5.91 Å². The zero-order valence-corrected chi connectivity index (χ0v) is 16.4. The fraction of sp³-hybridized carbons (Fsp3) is 0.125. The van der Waals surface area contributed by atoms with E-state index in [1.165, 1.54) is 0 Å². The fourth-order valence-electron chi connectivity index (χ4n) is 4.13. The van der Waals surface area contributed by atoms with Crippen LogP contribution >= 0.6 is 0 Å². The summed E-state index contributed by atoms with van der Waals surface area (Å²) in [4.78, 5) is 25.5. The van der Waals surface area contributed by atoms with Gasteiger partial charge in [0.05, 0.1) is 11.7 Å². The largest absolute Gasteiger partial charge is 0.330 e. The third-order valence-electron chi connectivity index (χ3n) is 5.59. The second kappa shape index (κ2) is 7.15. The van der Waals surface area contributed by atoms with Crippen molar-refractivity contribution in [2.45, 2.75) is 19.3 Å². The van der Waals surface area contributed by atoms with E-state index in [1.54, 1.807) is 13.1 Å². The van der Waals surface area contributed by atoms with Gasteiger partial charge in [-0.25, -0.2) is 0 Å². The highest BCUT2D eigenvalue weighted by Crippen LogP contribution is 2.35. The molecule has 3 aromatic carbocycles. The molecule has 148 valence electrons. The van der Waals surface area contributed by atoms with Crippen molar-refractivity contribution in [3.05, 3.63) is 83.7 Å². The van der Waals surface area contributed by atoms with Crippen LogP contribution < -0.4 is 10.6 Å². The normalized spacial score (nSPS) is 16.7. The molecule has 1 aromatic heterocycles. The standard InChI is InChI=1S/C24H20N4O2/c1-14-23(24(30)27-19-8-9-21-18(11-19)13-25-28-21)20(12-22(29)26-14)17-7-6-15-4-2-3-5-16(15)10-17/h2-11,13,20H,12H2,1H3,(H,25,28)(H,26,29)(H,27,30). The van der Waals surface area contributed by atoms with Crippen LogP contribution in [0.3, 0.4) is 0 Å². The van der Waals surface area contributed by atoms with Crippen LogP contribution in [0.1, 0.15) is 24.8 Å². The third kappa shape index (κ3) is 3.22. The molecule has 0 aliphatic carbocycles. The summed E-state index contributed by atoms with van der Waals surface area (Å²) in [5.74, 6) is -0.600. The first-order valence-corrected chi connectivity index (χ1v) is 9.82. The second-order valence-corrected chi connectivity index (χ2v) is 7.58. The molecule has 30 heavy (non-hydrogen) atoms. The SMILES string of the molecule is CC1=C(C(=O)Nc2ccc3[nH]ncc3c2)C(c2ccc3ccccc3c2)CC(=O)N1. The highest BCUT2D eigenvalue weighted by Gasteiger charge is 2.32. The van der Waals surface area contributed by atoms with Crippen LogP contribution in [-0.4, -0.2) is 22.0 Å². The highest BCUT2D eigenvalue weighted by molar-refractivity contribution is 6.07. The van der Waals surface area contributed by atoms with E-state index >= 15 is 0 Å². The van der Waals surface area contributed by atoms with Gasteiger partial charge < -0.3 is 10.6 Å². The molecular formula is C24H20N4O2. The van der Waals surface area contributed by atoms with Gasteiger partial charge in [-0.1, -0.05) is 42.5 Å². The Kier molecular flexibility index (Phi) is 4.32. The molecule has 4 aromatic rings. The number of hydrogen-bond acceptors (Lipinski definition) is 3. The number of carbonyl (C=O) groups excluding carboxylic acids is 2. The molecule has 0 fully saturated rings. The molecule has 0 radical (unpaired) electrons. The van der Waals surface area contributed by atoms with E-state index in [0.29, 0.717) is 17.0 Å². The zero-order chi connectivity index (χ0) is 20.7. The number of amides is 2. The fourth-order valence-corrected chi connectivity index (χ4v) is 4.13. The number of fused-ring (bicyclic) bond motifs is 2. The molecule has 1 aliphatic rings. The molecule has 2 heterocycles. The summed E-state index contributed by atoms with van der Waals surface area (Å²) in [7, 11) is 0. The number of aromatic nitrogens is 2. The summed E-state index contributed by atoms with van der Waals surface area (Å²) in [6, 6.07) is 19.8. The maximum Gasteiger partial charge on any atom is 0.253 e. The summed E-state index contributed by atoms with van der Waals surface area (Å²) in [6.45, 7) is 1.78. The van der Waals surface area contributed by atoms with E-state index in [9.17, 15) is 9.59 Å². The molecule has 2 amide bonds. The Morgan fingerprint density at radius 3 is 2.73 bits per heavy atom. The van der Waals surface area contributed by atoms with Gasteiger partial charge in [0.25, 0.3) is 5.91 Å². The van der Waals surface area contributed by atoms with Crippen LogP contribution in [0.5, 0.6) is 0 Å². The van der Waals surface area contributed by atoms with Gasteiger partial charge in [-0.05, 0) is 41.5 Å². The Morgan fingerprint density at radius 2 is 1.87 bits per heavy atom. The first-order chi connectivity index (χ1) is 14.6. The Labute approximate surface area is 173 Å². The van der Waals surface area contributed by atoms with Crippen molar-refractivity contribution in [3.63, 3.8) is 0 Å². The lowest BCUT2D eigenvalue weighted by atomic mass is 9.83. The Hall–Kier alpha value is -3.93. The maximum atomic E-state index is 13.3. The van der Waals surface area contributed by atoms with Crippen molar-refractivity contribution in [2.24, 2.45) is 0 Å². The number of rotatable bonds is 3. The van der Waals surface area contributed by atoms with Crippen LogP contribution in [-0.2, 0) is 9.59 Å². The Balaban J connectivity index is 1.51. The van der Waals surface area contributed by atoms with Gasteiger partial charge in [-0.15, -0.1) is 0 Å². The average molecular weight is 396 g/mol. The highest BCUT2D eigenvalue weighted by atomic mass is 16.2. The van der Waals surface area contributed by atoms with Gasteiger partial charge in [-0.2, -0.15) is 5.10 Å². The topological polar surface area (TPSA) is 86.9 Å². The lowest BCUT2D eigenvalue weighted by molar-refractivity contribution is -0.121. The van der Waals surface area contributed by atoms with Crippen LogP contribution in [0.25, 0.3) is 21.7 Å². The average Bonchev–Trinajstić information content (AvgIpc) is 3.20. The van der Waals surface area contributed by atoms with Crippen molar-refractivity contribution in [2.75, 3.05) is 5.32 Å². The van der Waals surface area contributed by atoms with E-state index in [0.717, 1.165) is 27.2 Å². The van der Waals surface area contributed by atoms with Crippen molar-refractivity contribution in [1.29, 1.82) is 0 Å². The lowest BCUT2D eigenvalue weighted by Crippen LogP contribution is -2.35. The summed E-state index contributed by atoms with van der Waals surface area (Å²) in [6.07, 6.45) is 1.95. The van der Waals surface area contributed by atoms with E-state index < -0.39 is 0 Å². The van der Waals surface area contributed by atoms with Gasteiger partial charge in [0.15, 0.2) is 0 Å². The number of anilines is 1. The molecule has 1 unspecified atom stereocenters. The molecular weight excluding hydrogens is 376 g/mol. The van der Waals surface area contributed by atoms with Crippen molar-refractivity contribution < 1.29 is 9.59 Å². The minimum Gasteiger partial charge on any atom is -0.330 e. The van der Waals surface area contributed by atoms with Crippen LogP contribution in [0, 0.1) is 0 Å². The van der Waals surface area contributed by atoms with Crippen molar-refractivity contribution >= 4 is 39.2 Å². The van der Waals surface area contributed by atoms with Crippen LogP contribution in [0.4, 0.5) is 5.69 Å². The number of hydrogen-bond donors (Lipinski definition) is 3. The minimum atomic E-state index is -0.305. The van der Waals surface area contributed by atoms with Crippen molar-refractivity contribution in [3.8, 4) is 0 Å². The number of carbonyl (C=O) groups is 2. The molecule has 6 nitrogen and oxygen atoms in total. The molecule has 0 bridgehead atoms. The summed E-state index contributed by atoms with van der Waals surface area (Å²) in [5.41, 5.74) is 3.72. The number of nitrogens with one attached hydrogen (secondary N) is 3. The Morgan fingerprint density at radius 1 is 1.03 bits per heavy atom. The summed E-state index contributed by atoms with van der Waals surface area (Å²) in [5, 5.41) is 15.9. The maximum absolute atomic E-state index is 13.3. The van der Waals surface area contributed by atoms with E-state index in [1.807, 2.05) is 54.6 Å². The first kappa shape index (κ1) is 18.1. The monoisotopic (exact) mass is 396 g/mol. The molecule has 1 atom stereocenters. The van der Waals surface area contributed by atoms with Crippen molar-refractivity contribution in [1.82, 2.24) is 15.5 Å². The molecule has 1 aliphatic heterocycles. The lowest BCUT2D eigenvalue weighted by Gasteiger charge is -2.27. The number of nitrogens with zero attached hydrogens (tertiary/aromatic N) is 1. The number of aromatic amines is 1. The molecule has 0 saturated carbocycles. The van der Waals surface area contributed by atoms with Crippen LogP contribution in [0.15, 0.2) is 78.1 Å². The number of H-pyrrole nitrogens is 1. The number of allylic oxidation sites excluding steroid dienone is 1. The predicted octanol–water partition coefficient (Wildman–Crippen LogP) is 4.23. The molecule has 3 N–H and O–H groups in total. The van der Waals surface area contributed by atoms with Gasteiger partial charge in [-0.3, -0.25) is 14.7 Å². The van der Waals surface area contributed by atoms with E-state index in [2.05, 4.69) is 26.9 Å². The second-order valence-electron chi connectivity index (χ2n) is 7.58. The molecule has 0 spiro atoms. The molecule has 0 saturated heterocycles. The summed E-state index contributed by atoms with van der Waals surface area (Å²) >= 11 is 0. The minimum absolute atomic E-state index is 0.0815. The molecule has 5 rings (SSSR count).